The Labute approximate surface area is 258 Å². The predicted octanol–water partition coefficient (Wildman–Crippen LogP) is 5.82. The molecule has 0 bridgehead atoms. The molecule has 4 aromatic rings. The van der Waals surface area contributed by atoms with Crippen LogP contribution in [0.25, 0.3) is 22.4 Å². The summed E-state index contributed by atoms with van der Waals surface area (Å²) in [6, 6.07) is 7.70. The Bertz CT molecular complexity index is 1620. The molecule has 2 N–H and O–H groups in total. The second kappa shape index (κ2) is 12.8. The van der Waals surface area contributed by atoms with Crippen molar-refractivity contribution in [1.29, 1.82) is 0 Å². The second-order valence-electron chi connectivity index (χ2n) is 12.5. The van der Waals surface area contributed by atoms with Crippen molar-refractivity contribution in [2.45, 2.75) is 77.2 Å². The molecular weight excluding hydrogens is 594 g/mol. The number of likely N-dealkylation sites (tertiary alicyclic amines) is 1. The Hall–Kier alpha value is -3.91. The van der Waals surface area contributed by atoms with Crippen molar-refractivity contribution in [2.75, 3.05) is 32.1 Å². The average Bonchev–Trinajstić information content (AvgIpc) is 3.71. The summed E-state index contributed by atoms with van der Waals surface area (Å²) in [5.74, 6) is -0.412. The van der Waals surface area contributed by atoms with Crippen molar-refractivity contribution in [3.05, 3.63) is 54.2 Å². The van der Waals surface area contributed by atoms with Crippen LogP contribution in [-0.4, -0.2) is 80.8 Å². The smallest absolute Gasteiger partial charge is 0.383 e. The topological polar surface area (TPSA) is 102 Å². The van der Waals surface area contributed by atoms with Gasteiger partial charge < -0.3 is 29.0 Å². The first-order chi connectivity index (χ1) is 21.2. The fourth-order valence-electron chi connectivity index (χ4n) is 5.66. The summed E-state index contributed by atoms with van der Waals surface area (Å²) >= 11 is 0. The van der Waals surface area contributed by atoms with Crippen LogP contribution in [-0.2, 0) is 17.8 Å². The third-order valence-corrected chi connectivity index (χ3v) is 8.10. The van der Waals surface area contributed by atoms with E-state index in [4.69, 9.17) is 9.26 Å². The Balaban J connectivity index is 1.36. The maximum Gasteiger partial charge on any atom is 0.406 e. The van der Waals surface area contributed by atoms with Crippen molar-refractivity contribution in [1.82, 2.24) is 29.5 Å². The van der Waals surface area contributed by atoms with Crippen LogP contribution in [0.5, 0.6) is 0 Å². The molecule has 244 valence electrons. The molecule has 0 spiro atoms. The van der Waals surface area contributed by atoms with E-state index in [0.29, 0.717) is 41.7 Å². The number of carbonyl (C=O) groups excluding carboxylic acids is 1. The molecule has 5 rings (SSSR count). The van der Waals surface area contributed by atoms with Gasteiger partial charge in [0.05, 0.1) is 42.0 Å². The summed E-state index contributed by atoms with van der Waals surface area (Å²) in [5.41, 5.74) is 1.15. The Morgan fingerprint density at radius 3 is 2.69 bits per heavy atom. The Morgan fingerprint density at radius 1 is 1.22 bits per heavy atom. The third kappa shape index (κ3) is 7.50. The summed E-state index contributed by atoms with van der Waals surface area (Å²) in [4.78, 5) is 19.1. The number of anilines is 1. The first kappa shape index (κ1) is 32.5. The van der Waals surface area contributed by atoms with Crippen LogP contribution in [0.15, 0.2) is 47.2 Å². The van der Waals surface area contributed by atoms with E-state index in [1.165, 1.54) is 0 Å². The van der Waals surface area contributed by atoms with Gasteiger partial charge in [-0.3, -0.25) is 9.69 Å². The minimum absolute atomic E-state index is 0.0265. The number of hydrogen-bond donors (Lipinski definition) is 2. The number of nitrogens with one attached hydrogen (secondary N) is 2. The van der Waals surface area contributed by atoms with E-state index < -0.39 is 24.9 Å². The quantitative estimate of drug-likeness (QED) is 0.213. The number of carbonyl (C=O) groups is 1. The van der Waals surface area contributed by atoms with Crippen molar-refractivity contribution in [3.8, 4) is 11.5 Å². The lowest BCUT2D eigenvalue weighted by Gasteiger charge is -2.42. The van der Waals surface area contributed by atoms with Crippen LogP contribution < -0.4 is 10.6 Å². The molecule has 3 aromatic heterocycles. The molecule has 0 aliphatic carbocycles. The fraction of sp³-hybridized carbons (Fsp3) is 0.516. The Kier molecular flexibility index (Phi) is 9.26. The van der Waals surface area contributed by atoms with E-state index in [0.717, 1.165) is 4.57 Å². The highest BCUT2D eigenvalue weighted by molar-refractivity contribution is 5.96. The molecule has 14 heteroatoms. The standard InChI is InChI=1S/C31H39F4N7O3/c1-19(17-44-5)40-11-9-20(15-40)29(43)36-14-27-38-28(39-45-27)26-13-21-23(7-6-8-25(21)42(26)18-31(33,34)35)37-24-10-12-41(16-22(24)32)30(2,3)4/h6-9,11,13,15,19,22,24,37H,10,12,14,16-18H2,1-5H3,(H,36,43)/t19-,22-,24+/m1/s1. The van der Waals surface area contributed by atoms with Crippen LogP contribution >= 0.6 is 0 Å². The number of piperidine rings is 1. The molecule has 1 aliphatic rings. The van der Waals surface area contributed by atoms with Gasteiger partial charge in [0.25, 0.3) is 5.91 Å². The SMILES string of the molecule is COC[C@@H](C)n1ccc(C(=O)NCc2nc(-c3cc4c(N[C@H]5CCN(C(C)(C)C)C[C@H]5F)cccc4n3CC(F)(F)F)no2)c1. The summed E-state index contributed by atoms with van der Waals surface area (Å²) in [6.07, 6.45) is -1.69. The zero-order valence-electron chi connectivity index (χ0n) is 26.0. The maximum absolute atomic E-state index is 15.3. The number of fused-ring (bicyclic) bond motifs is 1. The normalized spacial score (nSPS) is 18.8. The van der Waals surface area contributed by atoms with Crippen LogP contribution in [0.3, 0.4) is 0 Å². The summed E-state index contributed by atoms with van der Waals surface area (Å²) in [7, 11) is 1.60. The van der Waals surface area contributed by atoms with Gasteiger partial charge in [-0.05, 0) is 58.4 Å². The van der Waals surface area contributed by atoms with Gasteiger partial charge in [0.2, 0.25) is 11.7 Å². The molecule has 1 fully saturated rings. The lowest BCUT2D eigenvalue weighted by molar-refractivity contribution is -0.139. The van der Waals surface area contributed by atoms with Gasteiger partial charge in [-0.1, -0.05) is 11.2 Å². The van der Waals surface area contributed by atoms with Gasteiger partial charge >= 0.3 is 6.18 Å². The van der Waals surface area contributed by atoms with Crippen LogP contribution in [0.2, 0.25) is 0 Å². The molecule has 0 radical (unpaired) electrons. The minimum Gasteiger partial charge on any atom is -0.383 e. The van der Waals surface area contributed by atoms with Gasteiger partial charge in [-0.15, -0.1) is 0 Å². The molecule has 1 aromatic carbocycles. The number of nitrogens with zero attached hydrogens (tertiary/aromatic N) is 5. The number of ether oxygens (including phenoxy) is 1. The number of rotatable bonds is 10. The number of amides is 1. The highest BCUT2D eigenvalue weighted by atomic mass is 19.4. The molecule has 0 unspecified atom stereocenters. The molecule has 3 atom stereocenters. The highest BCUT2D eigenvalue weighted by Gasteiger charge is 2.35. The Morgan fingerprint density at radius 2 is 2.00 bits per heavy atom. The second-order valence-corrected chi connectivity index (χ2v) is 12.5. The van der Waals surface area contributed by atoms with E-state index in [1.54, 1.807) is 49.8 Å². The molecule has 1 amide bonds. The minimum atomic E-state index is -4.54. The highest BCUT2D eigenvalue weighted by Crippen LogP contribution is 2.35. The number of aromatic nitrogens is 4. The predicted molar refractivity (Wildman–Crippen MR) is 162 cm³/mol. The summed E-state index contributed by atoms with van der Waals surface area (Å²) in [6.45, 7) is 8.11. The zero-order chi connectivity index (χ0) is 32.5. The third-order valence-electron chi connectivity index (χ3n) is 8.10. The first-order valence-electron chi connectivity index (χ1n) is 14.9. The number of alkyl halides is 4. The van der Waals surface area contributed by atoms with E-state index in [2.05, 4.69) is 25.7 Å². The zero-order valence-corrected chi connectivity index (χ0v) is 26.0. The molecular formula is C31H39F4N7O3. The average molecular weight is 634 g/mol. The van der Waals surface area contributed by atoms with Crippen LogP contribution in [0.4, 0.5) is 23.2 Å². The van der Waals surface area contributed by atoms with Gasteiger partial charge in [0.1, 0.15) is 12.7 Å². The maximum atomic E-state index is 15.3. The van der Waals surface area contributed by atoms with Crippen molar-refractivity contribution in [2.24, 2.45) is 0 Å². The van der Waals surface area contributed by atoms with Gasteiger partial charge in [0, 0.05) is 49.2 Å². The molecule has 10 nitrogen and oxygen atoms in total. The van der Waals surface area contributed by atoms with Crippen LogP contribution in [0.1, 0.15) is 56.4 Å². The van der Waals surface area contributed by atoms with Gasteiger partial charge in [-0.2, -0.15) is 18.2 Å². The van der Waals surface area contributed by atoms with Crippen molar-refractivity contribution < 1.29 is 31.6 Å². The number of halogens is 4. The fourth-order valence-corrected chi connectivity index (χ4v) is 5.66. The van der Waals surface area contributed by atoms with Gasteiger partial charge in [-0.25, -0.2) is 4.39 Å². The van der Waals surface area contributed by atoms with Gasteiger partial charge in [0.15, 0.2) is 0 Å². The first-order valence-corrected chi connectivity index (χ1v) is 14.9. The molecule has 45 heavy (non-hydrogen) atoms. The molecule has 4 heterocycles. The van der Waals surface area contributed by atoms with Crippen LogP contribution in [0, 0.1) is 0 Å². The van der Waals surface area contributed by atoms with E-state index >= 15 is 4.39 Å². The van der Waals surface area contributed by atoms with Crippen molar-refractivity contribution in [3.63, 3.8) is 0 Å². The summed E-state index contributed by atoms with van der Waals surface area (Å²) in [5, 5.41) is 10.4. The van der Waals surface area contributed by atoms with E-state index in [1.807, 2.05) is 32.3 Å². The number of hydrogen-bond acceptors (Lipinski definition) is 7. The molecule has 1 saturated heterocycles. The number of benzene rings is 1. The van der Waals surface area contributed by atoms with Crippen molar-refractivity contribution >= 4 is 22.5 Å². The van der Waals surface area contributed by atoms with E-state index in [-0.39, 0.29) is 48.0 Å². The monoisotopic (exact) mass is 633 g/mol. The van der Waals surface area contributed by atoms with E-state index in [9.17, 15) is 18.0 Å². The molecule has 0 saturated carbocycles. The lowest BCUT2D eigenvalue weighted by atomic mass is 9.96. The number of methoxy groups -OCH3 is 1. The summed E-state index contributed by atoms with van der Waals surface area (Å²) < 4.78 is 69.9. The lowest BCUT2D eigenvalue weighted by Crippen LogP contribution is -2.54. The largest absolute Gasteiger partial charge is 0.406 e. The molecule has 1 aliphatic heterocycles.